The number of aliphatic imine (C=N–C) groups is 1. The maximum atomic E-state index is 6.05. The van der Waals surface area contributed by atoms with Crippen LogP contribution in [0.3, 0.4) is 0 Å². The van der Waals surface area contributed by atoms with Gasteiger partial charge in [-0.3, -0.25) is 4.99 Å². The molecule has 3 N–H and O–H groups in total. The van der Waals surface area contributed by atoms with Crippen LogP contribution in [0.5, 0.6) is 0 Å². The summed E-state index contributed by atoms with van der Waals surface area (Å²) in [6.07, 6.45) is 4.69. The van der Waals surface area contributed by atoms with E-state index in [0.717, 1.165) is 26.1 Å². The van der Waals surface area contributed by atoms with Gasteiger partial charge in [0.05, 0.1) is 0 Å². The van der Waals surface area contributed by atoms with Crippen molar-refractivity contribution in [1.82, 2.24) is 9.88 Å². The summed E-state index contributed by atoms with van der Waals surface area (Å²) >= 11 is 0. The van der Waals surface area contributed by atoms with Crippen molar-refractivity contribution in [1.29, 1.82) is 0 Å². The van der Waals surface area contributed by atoms with Gasteiger partial charge in [-0.1, -0.05) is 18.2 Å². The normalized spacial score (nSPS) is 16.0. The van der Waals surface area contributed by atoms with Gasteiger partial charge in [-0.2, -0.15) is 0 Å². The van der Waals surface area contributed by atoms with Crippen molar-refractivity contribution in [3.05, 3.63) is 36.0 Å². The number of nitrogens with one attached hydrogen (secondary N) is 1. The average molecular weight is 398 g/mol. The highest BCUT2D eigenvalue weighted by molar-refractivity contribution is 14.0. The Bertz CT molecular complexity index is 566. The van der Waals surface area contributed by atoms with Gasteiger partial charge in [-0.15, -0.1) is 24.0 Å². The molecule has 0 spiro atoms. The summed E-state index contributed by atoms with van der Waals surface area (Å²) in [4.78, 5) is 10.1. The van der Waals surface area contributed by atoms with Crippen LogP contribution in [0.2, 0.25) is 0 Å². The van der Waals surface area contributed by atoms with Crippen LogP contribution in [0.1, 0.15) is 25.0 Å². The molecule has 0 bridgehead atoms. The fourth-order valence-electron chi connectivity index (χ4n) is 2.78. The molecule has 2 aromatic rings. The van der Waals surface area contributed by atoms with Crippen LogP contribution < -0.4 is 5.73 Å². The Hall–Kier alpha value is -1.24. The van der Waals surface area contributed by atoms with Crippen molar-refractivity contribution >= 4 is 40.8 Å². The third kappa shape index (κ3) is 4.12. The second-order valence-corrected chi connectivity index (χ2v) is 5.42. The van der Waals surface area contributed by atoms with Gasteiger partial charge in [-0.05, 0) is 36.8 Å². The van der Waals surface area contributed by atoms with E-state index in [1.54, 1.807) is 0 Å². The number of fused-ring (bicyclic) bond motifs is 1. The van der Waals surface area contributed by atoms with Crippen molar-refractivity contribution < 1.29 is 0 Å². The van der Waals surface area contributed by atoms with Crippen LogP contribution in [0.4, 0.5) is 0 Å². The van der Waals surface area contributed by atoms with Crippen LogP contribution in [0, 0.1) is 0 Å². The predicted molar refractivity (Wildman–Crippen MR) is 99.3 cm³/mol. The standard InChI is InChI=1S/C16H22N4.HI/c17-16(20-10-4-1-5-11-20)18-9-8-14-12-13-6-2-3-7-15(13)19-14;/h2-3,6-7,12,19H,1,4-5,8-11H2,(H2,17,18);1H. The number of nitrogens with two attached hydrogens (primary N) is 1. The second kappa shape index (κ2) is 7.68. The summed E-state index contributed by atoms with van der Waals surface area (Å²) in [5.41, 5.74) is 8.47. The van der Waals surface area contributed by atoms with E-state index in [1.165, 1.54) is 35.9 Å². The van der Waals surface area contributed by atoms with E-state index in [0.29, 0.717) is 5.96 Å². The Balaban J connectivity index is 0.00000161. The number of rotatable bonds is 3. The highest BCUT2D eigenvalue weighted by atomic mass is 127. The third-order valence-corrected chi connectivity index (χ3v) is 3.92. The van der Waals surface area contributed by atoms with Crippen LogP contribution in [0.15, 0.2) is 35.3 Å². The molecule has 0 atom stereocenters. The van der Waals surface area contributed by atoms with Crippen molar-refractivity contribution in [3.63, 3.8) is 0 Å². The molecule has 1 fully saturated rings. The maximum Gasteiger partial charge on any atom is 0.191 e. The van der Waals surface area contributed by atoms with E-state index >= 15 is 0 Å². The molecule has 114 valence electrons. The SMILES string of the molecule is I.NC(=NCCc1cc2ccccc2[nH]1)N1CCCCC1. The molecule has 1 aromatic heterocycles. The molecule has 2 heterocycles. The average Bonchev–Trinajstić information content (AvgIpc) is 2.90. The molecule has 3 rings (SSSR count). The Morgan fingerprint density at radius 3 is 2.71 bits per heavy atom. The minimum atomic E-state index is 0. The first-order chi connectivity index (χ1) is 9.83. The molecule has 0 saturated carbocycles. The van der Waals surface area contributed by atoms with E-state index in [2.05, 4.69) is 45.2 Å². The molecule has 1 aliphatic rings. The zero-order valence-corrected chi connectivity index (χ0v) is 14.5. The molecule has 1 saturated heterocycles. The fourth-order valence-corrected chi connectivity index (χ4v) is 2.78. The molecule has 4 nitrogen and oxygen atoms in total. The van der Waals surface area contributed by atoms with E-state index in [9.17, 15) is 0 Å². The monoisotopic (exact) mass is 398 g/mol. The van der Waals surface area contributed by atoms with E-state index in [1.807, 2.05) is 0 Å². The summed E-state index contributed by atoms with van der Waals surface area (Å²) in [6.45, 7) is 2.86. The van der Waals surface area contributed by atoms with Crippen molar-refractivity contribution in [3.8, 4) is 0 Å². The Morgan fingerprint density at radius 1 is 1.19 bits per heavy atom. The lowest BCUT2D eigenvalue weighted by molar-refractivity contribution is 0.338. The van der Waals surface area contributed by atoms with E-state index < -0.39 is 0 Å². The number of para-hydroxylation sites is 1. The molecule has 5 heteroatoms. The third-order valence-electron chi connectivity index (χ3n) is 3.92. The number of hydrogen-bond donors (Lipinski definition) is 2. The molecule has 21 heavy (non-hydrogen) atoms. The topological polar surface area (TPSA) is 57.4 Å². The highest BCUT2D eigenvalue weighted by Crippen LogP contribution is 2.15. The smallest absolute Gasteiger partial charge is 0.191 e. The van der Waals surface area contributed by atoms with Crippen LogP contribution >= 0.6 is 24.0 Å². The number of benzene rings is 1. The zero-order valence-electron chi connectivity index (χ0n) is 12.2. The predicted octanol–water partition coefficient (Wildman–Crippen LogP) is 3.13. The van der Waals surface area contributed by atoms with E-state index in [4.69, 9.17) is 5.73 Å². The number of likely N-dealkylation sites (tertiary alicyclic amines) is 1. The first-order valence-corrected chi connectivity index (χ1v) is 7.44. The number of aromatic amines is 1. The first kappa shape index (κ1) is 16.1. The fraction of sp³-hybridized carbons (Fsp3) is 0.438. The minimum Gasteiger partial charge on any atom is -0.370 e. The number of nitrogens with zero attached hydrogens (tertiary/aromatic N) is 2. The maximum absolute atomic E-state index is 6.05. The number of piperidine rings is 1. The van der Waals surface area contributed by atoms with Crippen LogP contribution in [-0.4, -0.2) is 35.5 Å². The Labute approximate surface area is 142 Å². The van der Waals surface area contributed by atoms with Gasteiger partial charge in [0.1, 0.15) is 0 Å². The molecule has 1 aromatic carbocycles. The Morgan fingerprint density at radius 2 is 1.95 bits per heavy atom. The van der Waals surface area contributed by atoms with Crippen LogP contribution in [0.25, 0.3) is 10.9 Å². The second-order valence-electron chi connectivity index (χ2n) is 5.42. The van der Waals surface area contributed by atoms with Gasteiger partial charge in [0.15, 0.2) is 5.96 Å². The number of aromatic nitrogens is 1. The van der Waals surface area contributed by atoms with Crippen molar-refractivity contribution in [2.75, 3.05) is 19.6 Å². The highest BCUT2D eigenvalue weighted by Gasteiger charge is 2.11. The van der Waals surface area contributed by atoms with Gasteiger partial charge in [0, 0.05) is 37.3 Å². The molecular formula is C16H23IN4. The lowest BCUT2D eigenvalue weighted by atomic mass is 10.1. The summed E-state index contributed by atoms with van der Waals surface area (Å²) in [5.74, 6) is 0.709. The van der Waals surface area contributed by atoms with Gasteiger partial charge in [-0.25, -0.2) is 0 Å². The van der Waals surface area contributed by atoms with Gasteiger partial charge in [0.2, 0.25) is 0 Å². The summed E-state index contributed by atoms with van der Waals surface area (Å²) in [6, 6.07) is 10.5. The quantitative estimate of drug-likeness (QED) is 0.474. The Kier molecular flexibility index (Phi) is 5.90. The largest absolute Gasteiger partial charge is 0.370 e. The molecule has 1 aliphatic heterocycles. The van der Waals surface area contributed by atoms with Gasteiger partial charge in [0.25, 0.3) is 0 Å². The molecule has 0 radical (unpaired) electrons. The minimum absolute atomic E-state index is 0. The number of halogens is 1. The summed E-state index contributed by atoms with van der Waals surface area (Å²) in [5, 5.41) is 1.26. The number of hydrogen-bond acceptors (Lipinski definition) is 1. The number of H-pyrrole nitrogens is 1. The number of guanidine groups is 1. The van der Waals surface area contributed by atoms with Crippen molar-refractivity contribution in [2.24, 2.45) is 10.7 Å². The molecule has 0 amide bonds. The van der Waals surface area contributed by atoms with E-state index in [-0.39, 0.29) is 24.0 Å². The first-order valence-electron chi connectivity index (χ1n) is 7.44. The summed E-state index contributed by atoms with van der Waals surface area (Å²) < 4.78 is 0. The summed E-state index contributed by atoms with van der Waals surface area (Å²) in [7, 11) is 0. The lowest BCUT2D eigenvalue weighted by Gasteiger charge is -2.27. The molecule has 0 unspecified atom stereocenters. The molecule has 0 aliphatic carbocycles. The van der Waals surface area contributed by atoms with Gasteiger partial charge >= 0.3 is 0 Å². The van der Waals surface area contributed by atoms with Gasteiger partial charge < -0.3 is 15.6 Å². The van der Waals surface area contributed by atoms with Crippen molar-refractivity contribution in [2.45, 2.75) is 25.7 Å². The zero-order chi connectivity index (χ0) is 13.8. The van der Waals surface area contributed by atoms with Crippen LogP contribution in [-0.2, 0) is 6.42 Å². The molecular weight excluding hydrogens is 375 g/mol. The lowest BCUT2D eigenvalue weighted by Crippen LogP contribution is -2.41.